The zero-order valence-electron chi connectivity index (χ0n) is 15.0. The maximum Gasteiger partial charge on any atom is 0.321 e. The molecular weight excluding hydrogens is 430 g/mol. The molecule has 0 amide bonds. The van der Waals surface area contributed by atoms with E-state index in [1.807, 2.05) is 30.3 Å². The number of rotatable bonds is 8. The normalized spacial score (nSPS) is 19.0. The van der Waals surface area contributed by atoms with E-state index < -0.39 is 12.0 Å². The monoisotopic (exact) mass is 451 g/mol. The maximum atomic E-state index is 11.1. The van der Waals surface area contributed by atoms with E-state index in [9.17, 15) is 4.79 Å². The van der Waals surface area contributed by atoms with Gasteiger partial charge in [0.1, 0.15) is 6.04 Å². The van der Waals surface area contributed by atoms with E-state index in [0.29, 0.717) is 23.9 Å². The van der Waals surface area contributed by atoms with Crippen molar-refractivity contribution in [3.8, 4) is 11.5 Å². The van der Waals surface area contributed by atoms with Crippen molar-refractivity contribution in [1.82, 2.24) is 5.32 Å². The molecule has 0 radical (unpaired) electrons. The summed E-state index contributed by atoms with van der Waals surface area (Å²) in [7, 11) is 1.61. The summed E-state index contributed by atoms with van der Waals surface area (Å²) in [5.41, 5.74) is 2.25. The van der Waals surface area contributed by atoms with Gasteiger partial charge in [0.25, 0.3) is 0 Å². The van der Waals surface area contributed by atoms with Crippen molar-refractivity contribution in [2.75, 3.05) is 19.5 Å². The first-order valence-electron chi connectivity index (χ1n) is 8.73. The summed E-state index contributed by atoms with van der Waals surface area (Å²) >= 11 is 5.14. The van der Waals surface area contributed by atoms with E-state index in [-0.39, 0.29) is 5.37 Å². The number of ether oxygens (including phenoxy) is 2. The van der Waals surface area contributed by atoms with Gasteiger partial charge >= 0.3 is 5.97 Å². The first-order valence-corrected chi connectivity index (χ1v) is 10.6. The van der Waals surface area contributed by atoms with Crippen LogP contribution in [0, 0.1) is 0 Å². The fourth-order valence-electron chi connectivity index (χ4n) is 2.93. The molecule has 0 saturated carbocycles. The average molecular weight is 452 g/mol. The van der Waals surface area contributed by atoms with Gasteiger partial charge in [-0.25, -0.2) is 0 Å². The molecular formula is C20H22BrNO4S. The van der Waals surface area contributed by atoms with Crippen LogP contribution in [0.5, 0.6) is 11.5 Å². The summed E-state index contributed by atoms with van der Waals surface area (Å²) in [6, 6.07) is 13.7. The number of halogens is 1. The third-order valence-corrected chi connectivity index (χ3v) is 6.19. The van der Waals surface area contributed by atoms with Gasteiger partial charge in [0, 0.05) is 5.75 Å². The molecule has 2 unspecified atom stereocenters. The number of thioether (sulfide) groups is 1. The second-order valence-corrected chi connectivity index (χ2v) is 8.23. The van der Waals surface area contributed by atoms with Crippen LogP contribution in [-0.2, 0) is 11.2 Å². The van der Waals surface area contributed by atoms with Crippen molar-refractivity contribution >= 4 is 33.7 Å². The molecule has 27 heavy (non-hydrogen) atoms. The molecule has 0 spiro atoms. The molecule has 1 fully saturated rings. The smallest absolute Gasteiger partial charge is 0.321 e. The predicted molar refractivity (Wildman–Crippen MR) is 111 cm³/mol. The van der Waals surface area contributed by atoms with Gasteiger partial charge in [-0.15, -0.1) is 11.8 Å². The number of aryl methyl sites for hydroxylation is 1. The van der Waals surface area contributed by atoms with Crippen LogP contribution >= 0.6 is 27.7 Å². The van der Waals surface area contributed by atoms with Gasteiger partial charge in [0.2, 0.25) is 0 Å². The highest BCUT2D eigenvalue weighted by Crippen LogP contribution is 2.42. The predicted octanol–water partition coefficient (Wildman–Crippen LogP) is 4.26. The van der Waals surface area contributed by atoms with Crippen molar-refractivity contribution < 1.29 is 19.4 Å². The van der Waals surface area contributed by atoms with Crippen LogP contribution in [0.25, 0.3) is 0 Å². The highest BCUT2D eigenvalue weighted by atomic mass is 79.9. The Kier molecular flexibility index (Phi) is 7.04. The number of aliphatic carboxylic acids is 1. The summed E-state index contributed by atoms with van der Waals surface area (Å²) in [5.74, 6) is 1.03. The first kappa shape index (κ1) is 20.0. The fourth-order valence-corrected chi connectivity index (χ4v) is 4.72. The van der Waals surface area contributed by atoms with E-state index in [2.05, 4.69) is 33.4 Å². The largest absolute Gasteiger partial charge is 0.493 e. The second-order valence-electron chi connectivity index (χ2n) is 6.24. The number of hydrogen-bond acceptors (Lipinski definition) is 5. The molecule has 7 heteroatoms. The molecule has 3 rings (SSSR count). The fraction of sp³-hybridized carbons (Fsp3) is 0.350. The Bertz CT molecular complexity index is 787. The lowest BCUT2D eigenvalue weighted by Gasteiger charge is -2.17. The average Bonchev–Trinajstić information content (AvgIpc) is 3.17. The maximum absolute atomic E-state index is 11.1. The minimum absolute atomic E-state index is 0.0802. The lowest BCUT2D eigenvalue weighted by Crippen LogP contribution is -2.33. The topological polar surface area (TPSA) is 67.8 Å². The molecule has 5 nitrogen and oxygen atoms in total. The van der Waals surface area contributed by atoms with Gasteiger partial charge in [-0.05, 0) is 52.0 Å². The van der Waals surface area contributed by atoms with Gasteiger partial charge in [-0.3, -0.25) is 10.1 Å². The Labute approximate surface area is 171 Å². The molecule has 2 N–H and O–H groups in total. The molecule has 2 aromatic carbocycles. The van der Waals surface area contributed by atoms with Gasteiger partial charge in [0.05, 0.1) is 23.6 Å². The van der Waals surface area contributed by atoms with Crippen molar-refractivity contribution in [3.63, 3.8) is 0 Å². The van der Waals surface area contributed by atoms with Crippen molar-refractivity contribution in [1.29, 1.82) is 0 Å². The van der Waals surface area contributed by atoms with E-state index in [4.69, 9.17) is 14.6 Å². The molecule has 1 aliphatic heterocycles. The Balaban J connectivity index is 1.63. The van der Waals surface area contributed by atoms with E-state index in [1.54, 1.807) is 18.9 Å². The van der Waals surface area contributed by atoms with Crippen LogP contribution in [0.2, 0.25) is 0 Å². The Morgan fingerprint density at radius 2 is 2.11 bits per heavy atom. The lowest BCUT2D eigenvalue weighted by molar-refractivity contribution is -0.138. The highest BCUT2D eigenvalue weighted by molar-refractivity contribution is 9.10. The van der Waals surface area contributed by atoms with E-state index in [1.165, 1.54) is 5.56 Å². The van der Waals surface area contributed by atoms with E-state index in [0.717, 1.165) is 22.9 Å². The second kappa shape index (κ2) is 9.48. The number of nitrogens with one attached hydrogen (secondary N) is 1. The van der Waals surface area contributed by atoms with Crippen molar-refractivity contribution in [2.45, 2.75) is 24.3 Å². The molecule has 144 valence electrons. The zero-order chi connectivity index (χ0) is 19.2. The van der Waals surface area contributed by atoms with Crippen LogP contribution in [0.15, 0.2) is 46.9 Å². The Morgan fingerprint density at radius 1 is 1.33 bits per heavy atom. The van der Waals surface area contributed by atoms with Gasteiger partial charge in [0.15, 0.2) is 11.5 Å². The third-order valence-electron chi connectivity index (χ3n) is 4.33. The minimum Gasteiger partial charge on any atom is -0.493 e. The quantitative estimate of drug-likeness (QED) is 0.584. The van der Waals surface area contributed by atoms with Crippen molar-refractivity contribution in [3.05, 3.63) is 58.1 Å². The van der Waals surface area contributed by atoms with Gasteiger partial charge in [-0.2, -0.15) is 0 Å². The molecule has 1 aliphatic rings. The number of carboxylic acids is 1. The van der Waals surface area contributed by atoms with Gasteiger partial charge < -0.3 is 14.6 Å². The molecule has 0 aliphatic carbocycles. The number of carbonyl (C=O) groups is 1. The van der Waals surface area contributed by atoms with E-state index >= 15 is 0 Å². The molecule has 0 bridgehead atoms. The number of hydrogen-bond donors (Lipinski definition) is 2. The van der Waals surface area contributed by atoms with Crippen LogP contribution in [0.3, 0.4) is 0 Å². The molecule has 0 aromatic heterocycles. The van der Waals surface area contributed by atoms with Gasteiger partial charge in [-0.1, -0.05) is 30.3 Å². The Morgan fingerprint density at radius 3 is 2.78 bits per heavy atom. The molecule has 1 saturated heterocycles. The number of benzene rings is 2. The Hall–Kier alpha value is -1.70. The molecule has 1 heterocycles. The number of methoxy groups -OCH3 is 1. The summed E-state index contributed by atoms with van der Waals surface area (Å²) < 4.78 is 12.3. The van der Waals surface area contributed by atoms with Crippen molar-refractivity contribution in [2.24, 2.45) is 0 Å². The first-order chi connectivity index (χ1) is 13.1. The summed E-state index contributed by atoms with van der Waals surface area (Å²) in [6.07, 6.45) is 1.86. The zero-order valence-corrected chi connectivity index (χ0v) is 17.4. The summed E-state index contributed by atoms with van der Waals surface area (Å²) in [5, 5.41) is 12.2. The summed E-state index contributed by atoms with van der Waals surface area (Å²) in [6.45, 7) is 0.584. The van der Waals surface area contributed by atoms with Crippen LogP contribution in [0.4, 0.5) is 0 Å². The molecule has 2 atom stereocenters. The van der Waals surface area contributed by atoms with Crippen LogP contribution in [-0.4, -0.2) is 36.6 Å². The lowest BCUT2D eigenvalue weighted by atomic mass is 10.1. The minimum atomic E-state index is -0.825. The number of carboxylic acid groups (broad SMARTS) is 1. The standard InChI is InChI=1S/C20H22BrNO4S/c1-25-17-11-14(19-22-16(12-27-19)20(23)24)10-15(21)18(17)26-9-5-8-13-6-3-2-4-7-13/h2-4,6-7,10-11,16,19,22H,5,8-9,12H2,1H3,(H,23,24). The van der Waals surface area contributed by atoms with Crippen LogP contribution < -0.4 is 14.8 Å². The summed E-state index contributed by atoms with van der Waals surface area (Å²) in [4.78, 5) is 11.1. The SMILES string of the molecule is COc1cc(C2NC(C(=O)O)CS2)cc(Br)c1OCCCc1ccccc1. The third kappa shape index (κ3) is 5.18. The highest BCUT2D eigenvalue weighted by Gasteiger charge is 2.31. The van der Waals surface area contributed by atoms with Crippen LogP contribution in [0.1, 0.15) is 22.9 Å². The molecule has 2 aromatic rings.